The van der Waals surface area contributed by atoms with Crippen molar-refractivity contribution in [1.29, 1.82) is 0 Å². The van der Waals surface area contributed by atoms with Crippen LogP contribution in [0.5, 0.6) is 0 Å². The van der Waals surface area contributed by atoms with Crippen LogP contribution in [0.4, 0.5) is 0 Å². The number of benzene rings is 1. The Kier molecular flexibility index (Phi) is 4.20. The zero-order chi connectivity index (χ0) is 13.7. The molecule has 0 spiro atoms. The van der Waals surface area contributed by atoms with Crippen molar-refractivity contribution in [1.82, 2.24) is 9.97 Å². The fourth-order valence-electron chi connectivity index (χ4n) is 1.76. The van der Waals surface area contributed by atoms with E-state index in [0.29, 0.717) is 6.42 Å². The van der Waals surface area contributed by atoms with Crippen LogP contribution in [0, 0.1) is 0 Å². The van der Waals surface area contributed by atoms with Crippen LogP contribution >= 0.6 is 0 Å². The molecule has 0 aliphatic carbocycles. The Balaban J connectivity index is 2.09. The van der Waals surface area contributed by atoms with Crippen molar-refractivity contribution in [3.63, 3.8) is 0 Å². The second-order valence-electron chi connectivity index (χ2n) is 4.13. The van der Waals surface area contributed by atoms with Crippen LogP contribution in [0.15, 0.2) is 42.9 Å². The molecular weight excluding hydrogens is 242 g/mol. The number of carbonyl (C=O) groups excluding carboxylic acids is 1. The van der Waals surface area contributed by atoms with Crippen molar-refractivity contribution < 1.29 is 9.53 Å². The van der Waals surface area contributed by atoms with Crippen LogP contribution in [0.2, 0.25) is 0 Å². The number of nitrogens with zero attached hydrogens (tertiary/aromatic N) is 2. The van der Waals surface area contributed by atoms with Gasteiger partial charge in [-0.25, -0.2) is 9.97 Å². The van der Waals surface area contributed by atoms with Gasteiger partial charge in [0.2, 0.25) is 0 Å². The summed E-state index contributed by atoms with van der Waals surface area (Å²) >= 11 is 0. The predicted octanol–water partition coefficient (Wildman–Crippen LogP) is 1.19. The first-order valence-electron chi connectivity index (χ1n) is 5.89. The van der Waals surface area contributed by atoms with Gasteiger partial charge in [-0.2, -0.15) is 0 Å². The standard InChI is InChI=1S/C14H15N3O2/c1-19-14(18)12(15)8-10-2-4-11(5-3-10)13-6-7-16-9-17-13/h2-7,9,12H,8,15H2,1H3/t12-/m0/s1. The van der Waals surface area contributed by atoms with E-state index in [9.17, 15) is 4.79 Å². The van der Waals surface area contributed by atoms with E-state index in [1.54, 1.807) is 6.20 Å². The average Bonchev–Trinajstić information content (AvgIpc) is 2.48. The van der Waals surface area contributed by atoms with Gasteiger partial charge in [-0.1, -0.05) is 24.3 Å². The number of methoxy groups -OCH3 is 1. The number of carbonyl (C=O) groups is 1. The molecule has 0 amide bonds. The third-order valence-electron chi connectivity index (χ3n) is 2.79. The van der Waals surface area contributed by atoms with Gasteiger partial charge in [-0.05, 0) is 18.1 Å². The summed E-state index contributed by atoms with van der Waals surface area (Å²) in [7, 11) is 1.33. The molecule has 19 heavy (non-hydrogen) atoms. The molecule has 0 aliphatic heterocycles. The van der Waals surface area contributed by atoms with Gasteiger partial charge in [0.25, 0.3) is 0 Å². The van der Waals surface area contributed by atoms with Crippen LogP contribution in [0.1, 0.15) is 5.56 Å². The molecule has 1 aromatic heterocycles. The van der Waals surface area contributed by atoms with Gasteiger partial charge >= 0.3 is 5.97 Å². The van der Waals surface area contributed by atoms with E-state index in [1.165, 1.54) is 13.4 Å². The fourth-order valence-corrected chi connectivity index (χ4v) is 1.76. The molecule has 5 heteroatoms. The first kappa shape index (κ1) is 13.2. The first-order valence-corrected chi connectivity index (χ1v) is 5.89. The molecule has 1 atom stereocenters. The smallest absolute Gasteiger partial charge is 0.322 e. The largest absolute Gasteiger partial charge is 0.468 e. The molecule has 98 valence electrons. The maximum atomic E-state index is 11.2. The van der Waals surface area contributed by atoms with E-state index in [2.05, 4.69) is 14.7 Å². The van der Waals surface area contributed by atoms with E-state index in [4.69, 9.17) is 5.73 Å². The lowest BCUT2D eigenvalue weighted by molar-refractivity contribution is -0.142. The second-order valence-corrected chi connectivity index (χ2v) is 4.13. The highest BCUT2D eigenvalue weighted by Gasteiger charge is 2.14. The number of hydrogen-bond donors (Lipinski definition) is 1. The van der Waals surface area contributed by atoms with Crippen LogP contribution < -0.4 is 5.73 Å². The summed E-state index contributed by atoms with van der Waals surface area (Å²) in [4.78, 5) is 19.3. The Bertz CT molecular complexity index is 540. The van der Waals surface area contributed by atoms with Gasteiger partial charge < -0.3 is 10.5 Å². The summed E-state index contributed by atoms with van der Waals surface area (Å²) in [5.41, 5.74) is 8.55. The molecule has 0 saturated heterocycles. The molecule has 2 aromatic rings. The minimum Gasteiger partial charge on any atom is -0.468 e. The number of rotatable bonds is 4. The average molecular weight is 257 g/mol. The third kappa shape index (κ3) is 3.35. The van der Waals surface area contributed by atoms with Crippen molar-refractivity contribution in [3.8, 4) is 11.3 Å². The molecule has 0 radical (unpaired) electrons. The molecule has 0 unspecified atom stereocenters. The van der Waals surface area contributed by atoms with Gasteiger partial charge in [0.05, 0.1) is 12.8 Å². The summed E-state index contributed by atoms with van der Waals surface area (Å²) in [5.74, 6) is -0.403. The maximum Gasteiger partial charge on any atom is 0.322 e. The highest BCUT2D eigenvalue weighted by molar-refractivity contribution is 5.75. The quantitative estimate of drug-likeness (QED) is 0.832. The van der Waals surface area contributed by atoms with E-state index in [0.717, 1.165) is 16.8 Å². The lowest BCUT2D eigenvalue weighted by Gasteiger charge is -2.09. The monoisotopic (exact) mass is 257 g/mol. The molecular formula is C14H15N3O2. The number of esters is 1. The molecule has 0 saturated carbocycles. The second kappa shape index (κ2) is 6.06. The molecule has 2 rings (SSSR count). The lowest BCUT2D eigenvalue weighted by atomic mass is 10.0. The zero-order valence-electron chi connectivity index (χ0n) is 10.6. The van der Waals surface area contributed by atoms with Crippen LogP contribution in [-0.4, -0.2) is 29.1 Å². The van der Waals surface area contributed by atoms with Gasteiger partial charge in [-0.3, -0.25) is 4.79 Å². The number of hydrogen-bond acceptors (Lipinski definition) is 5. The molecule has 0 aliphatic rings. The topological polar surface area (TPSA) is 78.1 Å². The highest BCUT2D eigenvalue weighted by atomic mass is 16.5. The van der Waals surface area contributed by atoms with Gasteiger partial charge in [-0.15, -0.1) is 0 Å². The summed E-state index contributed by atoms with van der Waals surface area (Å²) in [5, 5.41) is 0. The Morgan fingerprint density at radius 3 is 2.63 bits per heavy atom. The summed E-state index contributed by atoms with van der Waals surface area (Å²) < 4.78 is 4.60. The van der Waals surface area contributed by atoms with Gasteiger partial charge in [0.15, 0.2) is 0 Å². The first-order chi connectivity index (χ1) is 9.20. The van der Waals surface area contributed by atoms with Crippen LogP contribution in [0.3, 0.4) is 0 Å². The Hall–Kier alpha value is -2.27. The number of ether oxygens (including phenoxy) is 1. The zero-order valence-corrected chi connectivity index (χ0v) is 10.6. The normalized spacial score (nSPS) is 11.9. The van der Waals surface area contributed by atoms with E-state index < -0.39 is 12.0 Å². The molecule has 2 N–H and O–H groups in total. The van der Waals surface area contributed by atoms with Gasteiger partial charge in [0.1, 0.15) is 12.4 Å². The summed E-state index contributed by atoms with van der Waals surface area (Å²) in [6.07, 6.45) is 3.66. The minimum absolute atomic E-state index is 0.403. The lowest BCUT2D eigenvalue weighted by Crippen LogP contribution is -2.33. The Morgan fingerprint density at radius 2 is 2.05 bits per heavy atom. The number of nitrogens with two attached hydrogens (primary N) is 1. The van der Waals surface area contributed by atoms with Crippen molar-refractivity contribution in [2.75, 3.05) is 7.11 Å². The highest BCUT2D eigenvalue weighted by Crippen LogP contribution is 2.17. The van der Waals surface area contributed by atoms with E-state index >= 15 is 0 Å². The Morgan fingerprint density at radius 1 is 1.32 bits per heavy atom. The van der Waals surface area contributed by atoms with Crippen molar-refractivity contribution in [3.05, 3.63) is 48.4 Å². The van der Waals surface area contributed by atoms with Crippen molar-refractivity contribution in [2.45, 2.75) is 12.5 Å². The van der Waals surface area contributed by atoms with Crippen molar-refractivity contribution in [2.24, 2.45) is 5.73 Å². The molecule has 0 bridgehead atoms. The van der Waals surface area contributed by atoms with E-state index in [-0.39, 0.29) is 0 Å². The molecule has 1 heterocycles. The third-order valence-corrected chi connectivity index (χ3v) is 2.79. The summed E-state index contributed by atoms with van der Waals surface area (Å²) in [6.45, 7) is 0. The Labute approximate surface area is 111 Å². The molecule has 5 nitrogen and oxygen atoms in total. The fraction of sp³-hybridized carbons (Fsp3) is 0.214. The molecule has 0 fully saturated rings. The molecule has 1 aromatic carbocycles. The van der Waals surface area contributed by atoms with Crippen molar-refractivity contribution >= 4 is 5.97 Å². The van der Waals surface area contributed by atoms with Crippen LogP contribution in [0.25, 0.3) is 11.3 Å². The number of aromatic nitrogens is 2. The predicted molar refractivity (Wildman–Crippen MR) is 71.2 cm³/mol. The maximum absolute atomic E-state index is 11.2. The van der Waals surface area contributed by atoms with Gasteiger partial charge in [0, 0.05) is 11.8 Å². The minimum atomic E-state index is -0.630. The van der Waals surface area contributed by atoms with E-state index in [1.807, 2.05) is 30.3 Å². The SMILES string of the molecule is COC(=O)[C@@H](N)Cc1ccc(-c2ccncn2)cc1. The summed E-state index contributed by atoms with van der Waals surface area (Å²) in [6, 6.07) is 8.97. The van der Waals surface area contributed by atoms with Crippen LogP contribution in [-0.2, 0) is 16.0 Å².